The number of nitrogens with zero attached hydrogens (tertiary/aromatic N) is 3. The molecule has 0 fully saturated rings. The molecule has 3 nitrogen and oxygen atoms in total. The van der Waals surface area contributed by atoms with Gasteiger partial charge in [0.1, 0.15) is 0 Å². The predicted octanol–water partition coefficient (Wildman–Crippen LogP) is 4.72. The summed E-state index contributed by atoms with van der Waals surface area (Å²) in [5.74, 6) is 0. The second-order valence-corrected chi connectivity index (χ2v) is 6.38. The van der Waals surface area contributed by atoms with Crippen LogP contribution in [-0.4, -0.2) is 21.7 Å². The van der Waals surface area contributed by atoms with E-state index >= 15 is 0 Å². The maximum atomic E-state index is 12.6. The van der Waals surface area contributed by atoms with Crippen molar-refractivity contribution in [3.8, 4) is 11.3 Å². The molecular weight excluding hydrogens is 335 g/mol. The minimum absolute atomic E-state index is 0.547. The molecule has 2 aromatic heterocycles. The van der Waals surface area contributed by atoms with Crippen LogP contribution >= 0.6 is 11.3 Å². The SMILES string of the molecule is CN(Cc1ccc(C(F)(F)F)cc1)Cn1ccc(-c2ccsc2)n1. The number of aromatic nitrogens is 2. The van der Waals surface area contributed by atoms with Gasteiger partial charge in [-0.2, -0.15) is 29.6 Å². The highest BCUT2D eigenvalue weighted by Crippen LogP contribution is 2.29. The number of benzene rings is 1. The van der Waals surface area contributed by atoms with Gasteiger partial charge in [0.2, 0.25) is 0 Å². The molecule has 3 rings (SSSR count). The number of alkyl halides is 3. The zero-order valence-electron chi connectivity index (χ0n) is 13.0. The van der Waals surface area contributed by atoms with Gasteiger partial charge in [0, 0.05) is 23.7 Å². The lowest BCUT2D eigenvalue weighted by atomic mass is 10.1. The minimum atomic E-state index is -4.29. The second-order valence-electron chi connectivity index (χ2n) is 5.60. The van der Waals surface area contributed by atoms with Crippen molar-refractivity contribution in [3.05, 3.63) is 64.5 Å². The Bertz CT molecular complexity index is 776. The molecule has 24 heavy (non-hydrogen) atoms. The standard InChI is InChI=1S/C17H16F3N3S/c1-22(10-13-2-4-15(5-3-13)17(18,19)20)12-23-8-6-16(21-23)14-7-9-24-11-14/h2-9,11H,10,12H2,1H3. The Hall–Kier alpha value is -2.12. The molecule has 0 radical (unpaired) electrons. The number of hydrogen-bond acceptors (Lipinski definition) is 3. The topological polar surface area (TPSA) is 21.1 Å². The maximum absolute atomic E-state index is 12.6. The maximum Gasteiger partial charge on any atom is 0.416 e. The number of hydrogen-bond donors (Lipinski definition) is 0. The highest BCUT2D eigenvalue weighted by Gasteiger charge is 2.29. The van der Waals surface area contributed by atoms with Crippen LogP contribution in [0.1, 0.15) is 11.1 Å². The van der Waals surface area contributed by atoms with Gasteiger partial charge in [-0.3, -0.25) is 9.58 Å². The molecule has 3 aromatic rings. The first-order chi connectivity index (χ1) is 11.4. The van der Waals surface area contributed by atoms with Gasteiger partial charge in [-0.25, -0.2) is 0 Å². The number of rotatable bonds is 5. The molecule has 0 N–H and O–H groups in total. The van der Waals surface area contributed by atoms with Crippen LogP contribution in [0.3, 0.4) is 0 Å². The molecule has 0 amide bonds. The molecule has 0 bridgehead atoms. The van der Waals surface area contributed by atoms with Gasteiger partial charge in [-0.05, 0) is 42.3 Å². The molecule has 0 saturated heterocycles. The third-order valence-corrected chi connectivity index (χ3v) is 4.26. The van der Waals surface area contributed by atoms with E-state index in [9.17, 15) is 13.2 Å². The summed E-state index contributed by atoms with van der Waals surface area (Å²) in [6.45, 7) is 1.11. The molecule has 0 aliphatic carbocycles. The van der Waals surface area contributed by atoms with E-state index in [0.29, 0.717) is 13.2 Å². The van der Waals surface area contributed by atoms with Crippen molar-refractivity contribution in [2.24, 2.45) is 0 Å². The van der Waals surface area contributed by atoms with Crippen LogP contribution in [0.5, 0.6) is 0 Å². The Balaban J connectivity index is 1.60. The van der Waals surface area contributed by atoms with E-state index in [0.717, 1.165) is 29.0 Å². The van der Waals surface area contributed by atoms with E-state index < -0.39 is 11.7 Å². The van der Waals surface area contributed by atoms with Crippen molar-refractivity contribution in [2.75, 3.05) is 7.05 Å². The van der Waals surface area contributed by atoms with Gasteiger partial charge in [0.15, 0.2) is 0 Å². The van der Waals surface area contributed by atoms with E-state index in [4.69, 9.17) is 0 Å². The summed E-state index contributed by atoms with van der Waals surface area (Å²) in [7, 11) is 1.91. The van der Waals surface area contributed by atoms with Crippen LogP contribution < -0.4 is 0 Å². The summed E-state index contributed by atoms with van der Waals surface area (Å²) < 4.78 is 39.5. The largest absolute Gasteiger partial charge is 0.416 e. The first-order valence-electron chi connectivity index (χ1n) is 7.32. The third kappa shape index (κ3) is 4.04. The van der Waals surface area contributed by atoms with Crippen LogP contribution in [0.15, 0.2) is 53.4 Å². The average Bonchev–Trinajstić information content (AvgIpc) is 3.17. The molecule has 0 atom stereocenters. The highest BCUT2D eigenvalue weighted by molar-refractivity contribution is 7.08. The van der Waals surface area contributed by atoms with Crippen molar-refractivity contribution >= 4 is 11.3 Å². The summed E-state index contributed by atoms with van der Waals surface area (Å²) in [4.78, 5) is 1.99. The first-order valence-corrected chi connectivity index (χ1v) is 8.27. The van der Waals surface area contributed by atoms with E-state index in [1.54, 1.807) is 11.3 Å². The van der Waals surface area contributed by atoms with E-state index in [1.165, 1.54) is 12.1 Å². The van der Waals surface area contributed by atoms with Gasteiger partial charge < -0.3 is 0 Å². The third-order valence-electron chi connectivity index (χ3n) is 3.58. The fourth-order valence-corrected chi connectivity index (χ4v) is 3.06. The van der Waals surface area contributed by atoms with E-state index in [2.05, 4.69) is 5.10 Å². The zero-order chi connectivity index (χ0) is 17.2. The Kier molecular flexibility index (Phi) is 4.73. The molecule has 1 aromatic carbocycles. The lowest BCUT2D eigenvalue weighted by Gasteiger charge is -2.17. The van der Waals surface area contributed by atoms with Crippen LogP contribution in [0, 0.1) is 0 Å². The van der Waals surface area contributed by atoms with Gasteiger partial charge in [0.25, 0.3) is 0 Å². The Morgan fingerprint density at radius 1 is 1.12 bits per heavy atom. The molecule has 0 aliphatic rings. The molecule has 2 heterocycles. The lowest BCUT2D eigenvalue weighted by molar-refractivity contribution is -0.137. The van der Waals surface area contributed by atoms with Gasteiger partial charge in [-0.15, -0.1) is 0 Å². The summed E-state index contributed by atoms with van der Waals surface area (Å²) in [6, 6.07) is 9.23. The molecule has 0 spiro atoms. The Morgan fingerprint density at radius 3 is 2.50 bits per heavy atom. The number of thiophene rings is 1. The van der Waals surface area contributed by atoms with Crippen molar-refractivity contribution in [2.45, 2.75) is 19.4 Å². The number of halogens is 3. The average molecular weight is 351 g/mol. The van der Waals surface area contributed by atoms with E-state index in [1.807, 2.05) is 45.7 Å². The first kappa shape index (κ1) is 16.7. The smallest absolute Gasteiger partial charge is 0.283 e. The second kappa shape index (κ2) is 6.78. The van der Waals surface area contributed by atoms with Crippen LogP contribution in [-0.2, 0) is 19.4 Å². The lowest BCUT2D eigenvalue weighted by Crippen LogP contribution is -2.22. The predicted molar refractivity (Wildman–Crippen MR) is 88.5 cm³/mol. The van der Waals surface area contributed by atoms with Gasteiger partial charge in [0.05, 0.1) is 17.9 Å². The molecule has 0 aliphatic heterocycles. The molecule has 0 saturated carbocycles. The van der Waals surface area contributed by atoms with Crippen molar-refractivity contribution in [1.82, 2.24) is 14.7 Å². The highest BCUT2D eigenvalue weighted by atomic mass is 32.1. The van der Waals surface area contributed by atoms with E-state index in [-0.39, 0.29) is 0 Å². The fourth-order valence-electron chi connectivity index (χ4n) is 2.41. The zero-order valence-corrected chi connectivity index (χ0v) is 13.8. The van der Waals surface area contributed by atoms with Crippen LogP contribution in [0.4, 0.5) is 13.2 Å². The van der Waals surface area contributed by atoms with Crippen molar-refractivity contribution in [1.29, 1.82) is 0 Å². The normalized spacial score (nSPS) is 12.0. The van der Waals surface area contributed by atoms with Gasteiger partial charge >= 0.3 is 6.18 Å². The van der Waals surface area contributed by atoms with Crippen LogP contribution in [0.25, 0.3) is 11.3 Å². The fraction of sp³-hybridized carbons (Fsp3) is 0.235. The quantitative estimate of drug-likeness (QED) is 0.663. The summed E-state index contributed by atoms with van der Waals surface area (Å²) in [6.07, 6.45) is -2.40. The van der Waals surface area contributed by atoms with Crippen molar-refractivity contribution in [3.63, 3.8) is 0 Å². The summed E-state index contributed by atoms with van der Waals surface area (Å²) in [5, 5.41) is 8.56. The molecular formula is C17H16F3N3S. The monoisotopic (exact) mass is 351 g/mol. The van der Waals surface area contributed by atoms with Crippen molar-refractivity contribution < 1.29 is 13.2 Å². The van der Waals surface area contributed by atoms with Gasteiger partial charge in [-0.1, -0.05) is 12.1 Å². The molecule has 126 valence electrons. The Morgan fingerprint density at radius 2 is 1.88 bits per heavy atom. The molecule has 0 unspecified atom stereocenters. The van der Waals surface area contributed by atoms with Crippen LogP contribution in [0.2, 0.25) is 0 Å². The summed E-state index contributed by atoms with van der Waals surface area (Å²) >= 11 is 1.62. The minimum Gasteiger partial charge on any atom is -0.283 e. The Labute approximate surface area is 142 Å². The molecule has 7 heteroatoms. The summed E-state index contributed by atoms with van der Waals surface area (Å²) in [5.41, 5.74) is 2.21.